The maximum atomic E-state index is 11.8. The lowest BCUT2D eigenvalue weighted by molar-refractivity contribution is -0.152. The van der Waals surface area contributed by atoms with Gasteiger partial charge < -0.3 is 9.84 Å². The Bertz CT molecular complexity index is 275. The van der Waals surface area contributed by atoms with Crippen LogP contribution >= 0.6 is 0 Å². The molecule has 4 heteroatoms. The van der Waals surface area contributed by atoms with Crippen LogP contribution in [0.5, 0.6) is 0 Å². The Labute approximate surface area is 109 Å². The lowest BCUT2D eigenvalue weighted by Gasteiger charge is -2.25. The largest absolute Gasteiger partial charge is 0.481 e. The summed E-state index contributed by atoms with van der Waals surface area (Å²) in [7, 11) is 0. The van der Waals surface area contributed by atoms with Gasteiger partial charge in [-0.3, -0.25) is 9.59 Å². The first-order valence-corrected chi connectivity index (χ1v) is 7.04. The van der Waals surface area contributed by atoms with E-state index in [4.69, 9.17) is 9.84 Å². The van der Waals surface area contributed by atoms with Crippen molar-refractivity contribution in [1.82, 2.24) is 0 Å². The summed E-state index contributed by atoms with van der Waals surface area (Å²) in [5.74, 6) is -1.55. The summed E-state index contributed by atoms with van der Waals surface area (Å²) < 4.78 is 5.22. The molecule has 2 unspecified atom stereocenters. The van der Waals surface area contributed by atoms with Gasteiger partial charge in [-0.05, 0) is 25.7 Å². The van der Waals surface area contributed by atoms with Gasteiger partial charge in [0.05, 0.1) is 18.4 Å². The first-order chi connectivity index (χ1) is 8.65. The number of carbonyl (C=O) groups excluding carboxylic acids is 1. The lowest BCUT2D eigenvalue weighted by Crippen LogP contribution is -2.28. The summed E-state index contributed by atoms with van der Waals surface area (Å²) in [6.07, 6.45) is 7.06. The van der Waals surface area contributed by atoms with E-state index in [1.54, 1.807) is 0 Å². The molecule has 1 saturated carbocycles. The molecular formula is C14H24O4. The van der Waals surface area contributed by atoms with Crippen LogP contribution < -0.4 is 0 Å². The van der Waals surface area contributed by atoms with E-state index >= 15 is 0 Å². The predicted molar refractivity (Wildman–Crippen MR) is 68.2 cm³/mol. The van der Waals surface area contributed by atoms with Crippen molar-refractivity contribution < 1.29 is 19.4 Å². The second-order valence-corrected chi connectivity index (χ2v) is 5.13. The van der Waals surface area contributed by atoms with Crippen LogP contribution in [0.2, 0.25) is 0 Å². The Morgan fingerprint density at radius 1 is 1.17 bits per heavy atom. The molecule has 1 fully saturated rings. The van der Waals surface area contributed by atoms with E-state index in [1.165, 1.54) is 6.42 Å². The zero-order chi connectivity index (χ0) is 13.4. The molecule has 104 valence electrons. The molecule has 1 N–H and O–H groups in total. The summed E-state index contributed by atoms with van der Waals surface area (Å²) in [4.78, 5) is 22.7. The normalized spacial score (nSPS) is 23.6. The van der Waals surface area contributed by atoms with Crippen molar-refractivity contribution in [3.8, 4) is 0 Å². The molecule has 0 aliphatic heterocycles. The van der Waals surface area contributed by atoms with Crippen LogP contribution in [0.3, 0.4) is 0 Å². The molecule has 0 spiro atoms. The predicted octanol–water partition coefficient (Wildman–Crippen LogP) is 3.00. The van der Waals surface area contributed by atoms with Gasteiger partial charge in [-0.15, -0.1) is 0 Å². The number of rotatable bonds is 7. The molecule has 0 aromatic carbocycles. The second kappa shape index (κ2) is 8.11. The minimum absolute atomic E-state index is 0.197. The van der Waals surface area contributed by atoms with Gasteiger partial charge in [0, 0.05) is 0 Å². The fourth-order valence-electron chi connectivity index (χ4n) is 2.45. The van der Waals surface area contributed by atoms with Crippen molar-refractivity contribution in [3.63, 3.8) is 0 Å². The van der Waals surface area contributed by atoms with Crippen LogP contribution in [-0.4, -0.2) is 23.7 Å². The van der Waals surface area contributed by atoms with Gasteiger partial charge in [0.25, 0.3) is 0 Å². The van der Waals surface area contributed by atoms with E-state index in [-0.39, 0.29) is 17.8 Å². The van der Waals surface area contributed by atoms with Crippen LogP contribution in [0.4, 0.5) is 0 Å². The first kappa shape index (κ1) is 15.0. The minimum Gasteiger partial charge on any atom is -0.481 e. The highest BCUT2D eigenvalue weighted by Gasteiger charge is 2.31. The van der Waals surface area contributed by atoms with Crippen molar-refractivity contribution in [2.24, 2.45) is 11.8 Å². The number of aliphatic carboxylic acids is 1. The number of carboxylic acids is 1. The maximum Gasteiger partial charge on any atom is 0.308 e. The SMILES string of the molecule is CCCCCCOC(=O)C1CCCC(C(=O)O)C1. The zero-order valence-corrected chi connectivity index (χ0v) is 11.2. The number of unbranched alkanes of at least 4 members (excludes halogenated alkanes) is 3. The molecule has 4 nitrogen and oxygen atoms in total. The summed E-state index contributed by atoms with van der Waals surface area (Å²) >= 11 is 0. The summed E-state index contributed by atoms with van der Waals surface area (Å²) in [5, 5.41) is 8.96. The van der Waals surface area contributed by atoms with E-state index in [9.17, 15) is 9.59 Å². The van der Waals surface area contributed by atoms with Crippen molar-refractivity contribution in [2.75, 3.05) is 6.61 Å². The summed E-state index contributed by atoms with van der Waals surface area (Å²) in [5.41, 5.74) is 0. The molecule has 1 rings (SSSR count). The maximum absolute atomic E-state index is 11.8. The highest BCUT2D eigenvalue weighted by atomic mass is 16.5. The van der Waals surface area contributed by atoms with Crippen LogP contribution in [-0.2, 0) is 14.3 Å². The van der Waals surface area contributed by atoms with E-state index in [1.807, 2.05) is 0 Å². The number of hydrogen-bond donors (Lipinski definition) is 1. The van der Waals surface area contributed by atoms with Crippen molar-refractivity contribution in [1.29, 1.82) is 0 Å². The Morgan fingerprint density at radius 2 is 1.89 bits per heavy atom. The Hall–Kier alpha value is -1.06. The summed E-state index contributed by atoms with van der Waals surface area (Å²) in [6.45, 7) is 2.62. The average Bonchev–Trinajstić information content (AvgIpc) is 2.38. The lowest BCUT2D eigenvalue weighted by atomic mass is 9.81. The monoisotopic (exact) mass is 256 g/mol. The molecule has 0 aromatic heterocycles. The highest BCUT2D eigenvalue weighted by Crippen LogP contribution is 2.30. The Morgan fingerprint density at radius 3 is 2.56 bits per heavy atom. The standard InChI is InChI=1S/C14H24O4/c1-2-3-4-5-9-18-14(17)12-8-6-7-11(10-12)13(15)16/h11-12H,2-10H2,1H3,(H,15,16). The Kier molecular flexibility index (Phi) is 6.76. The van der Waals surface area contributed by atoms with Crippen LogP contribution in [0.15, 0.2) is 0 Å². The van der Waals surface area contributed by atoms with E-state index in [0.29, 0.717) is 19.4 Å². The van der Waals surface area contributed by atoms with Gasteiger partial charge in [-0.25, -0.2) is 0 Å². The molecule has 0 amide bonds. The third-order valence-corrected chi connectivity index (χ3v) is 3.60. The van der Waals surface area contributed by atoms with Gasteiger partial charge in [0.15, 0.2) is 0 Å². The van der Waals surface area contributed by atoms with Crippen molar-refractivity contribution >= 4 is 11.9 Å². The van der Waals surface area contributed by atoms with Crippen LogP contribution in [0, 0.1) is 11.8 Å². The number of esters is 1. The molecule has 18 heavy (non-hydrogen) atoms. The second-order valence-electron chi connectivity index (χ2n) is 5.13. The molecule has 0 radical (unpaired) electrons. The van der Waals surface area contributed by atoms with E-state index in [2.05, 4.69) is 6.92 Å². The third-order valence-electron chi connectivity index (χ3n) is 3.60. The molecule has 0 aromatic rings. The summed E-state index contributed by atoms with van der Waals surface area (Å²) in [6, 6.07) is 0. The minimum atomic E-state index is -0.782. The fourth-order valence-corrected chi connectivity index (χ4v) is 2.45. The average molecular weight is 256 g/mol. The molecule has 0 saturated heterocycles. The number of ether oxygens (including phenoxy) is 1. The fraction of sp³-hybridized carbons (Fsp3) is 0.857. The van der Waals surface area contributed by atoms with Gasteiger partial charge in [0.1, 0.15) is 0 Å². The van der Waals surface area contributed by atoms with Gasteiger partial charge >= 0.3 is 11.9 Å². The molecule has 1 aliphatic rings. The van der Waals surface area contributed by atoms with Crippen LogP contribution in [0.25, 0.3) is 0 Å². The Balaban J connectivity index is 2.22. The van der Waals surface area contributed by atoms with Crippen molar-refractivity contribution in [3.05, 3.63) is 0 Å². The molecule has 0 heterocycles. The van der Waals surface area contributed by atoms with Gasteiger partial charge in [-0.1, -0.05) is 32.6 Å². The number of hydrogen-bond acceptors (Lipinski definition) is 3. The molecule has 0 bridgehead atoms. The number of carboxylic acid groups (broad SMARTS) is 1. The van der Waals surface area contributed by atoms with Crippen LogP contribution in [0.1, 0.15) is 58.3 Å². The molecular weight excluding hydrogens is 232 g/mol. The van der Waals surface area contributed by atoms with E-state index < -0.39 is 5.97 Å². The quantitative estimate of drug-likeness (QED) is 0.562. The van der Waals surface area contributed by atoms with Crippen molar-refractivity contribution in [2.45, 2.75) is 58.3 Å². The number of carbonyl (C=O) groups is 2. The smallest absolute Gasteiger partial charge is 0.308 e. The van der Waals surface area contributed by atoms with Gasteiger partial charge in [-0.2, -0.15) is 0 Å². The topological polar surface area (TPSA) is 63.6 Å². The first-order valence-electron chi connectivity index (χ1n) is 7.04. The molecule has 2 atom stereocenters. The zero-order valence-electron chi connectivity index (χ0n) is 11.2. The van der Waals surface area contributed by atoms with E-state index in [0.717, 1.165) is 32.1 Å². The molecule has 1 aliphatic carbocycles. The third kappa shape index (κ3) is 5.07. The van der Waals surface area contributed by atoms with Gasteiger partial charge in [0.2, 0.25) is 0 Å². The highest BCUT2D eigenvalue weighted by molar-refractivity contribution is 5.75.